The van der Waals surface area contributed by atoms with Crippen molar-refractivity contribution >= 4 is 5.91 Å². The number of amides is 1. The molecule has 0 spiro atoms. The first-order chi connectivity index (χ1) is 13.0. The minimum atomic E-state index is -0.687. The number of pyridine rings is 2. The van der Waals surface area contributed by atoms with E-state index in [1.807, 2.05) is 0 Å². The van der Waals surface area contributed by atoms with Crippen LogP contribution in [0, 0.1) is 11.8 Å². The van der Waals surface area contributed by atoms with Gasteiger partial charge in [0.15, 0.2) is 0 Å². The maximum absolute atomic E-state index is 13.2. The van der Waals surface area contributed by atoms with Crippen LogP contribution in [-0.4, -0.2) is 29.1 Å². The Morgan fingerprint density at radius 3 is 2.44 bits per heavy atom. The van der Waals surface area contributed by atoms with Crippen LogP contribution in [0.25, 0.3) is 11.1 Å². The van der Waals surface area contributed by atoms with E-state index in [0.29, 0.717) is 22.6 Å². The summed E-state index contributed by atoms with van der Waals surface area (Å²) in [6, 6.07) is 9.86. The van der Waals surface area contributed by atoms with Gasteiger partial charge in [-0.05, 0) is 29.8 Å². The SMILES string of the molecule is NC(=O)c1cc(-c2ccc(F)cc2)c(OCCOc2ccnc(F)c2)cn1. The molecule has 0 saturated carbocycles. The van der Waals surface area contributed by atoms with E-state index in [2.05, 4.69) is 9.97 Å². The summed E-state index contributed by atoms with van der Waals surface area (Å²) in [5.74, 6) is -1.02. The molecule has 138 valence electrons. The molecular formula is C19H15F2N3O3. The van der Waals surface area contributed by atoms with Gasteiger partial charge in [0.05, 0.1) is 6.20 Å². The topological polar surface area (TPSA) is 87.3 Å². The number of halogens is 2. The molecule has 0 radical (unpaired) electrons. The Morgan fingerprint density at radius 2 is 1.74 bits per heavy atom. The lowest BCUT2D eigenvalue weighted by atomic mass is 10.0. The molecule has 2 heterocycles. The zero-order valence-corrected chi connectivity index (χ0v) is 14.1. The highest BCUT2D eigenvalue weighted by atomic mass is 19.1. The van der Waals surface area contributed by atoms with Gasteiger partial charge in [-0.1, -0.05) is 12.1 Å². The third-order valence-corrected chi connectivity index (χ3v) is 3.58. The van der Waals surface area contributed by atoms with Gasteiger partial charge in [-0.3, -0.25) is 4.79 Å². The van der Waals surface area contributed by atoms with E-state index in [9.17, 15) is 13.6 Å². The lowest BCUT2D eigenvalue weighted by Gasteiger charge is -2.13. The van der Waals surface area contributed by atoms with Gasteiger partial charge in [0.2, 0.25) is 5.95 Å². The van der Waals surface area contributed by atoms with Crippen molar-refractivity contribution in [3.8, 4) is 22.6 Å². The smallest absolute Gasteiger partial charge is 0.267 e. The average molecular weight is 371 g/mol. The molecule has 0 aliphatic heterocycles. The van der Waals surface area contributed by atoms with Gasteiger partial charge in [-0.25, -0.2) is 14.4 Å². The Balaban J connectivity index is 1.74. The highest BCUT2D eigenvalue weighted by Gasteiger charge is 2.12. The predicted molar refractivity (Wildman–Crippen MR) is 93.3 cm³/mol. The van der Waals surface area contributed by atoms with Gasteiger partial charge in [-0.15, -0.1) is 0 Å². The molecule has 0 fully saturated rings. The van der Waals surface area contributed by atoms with E-state index < -0.39 is 11.9 Å². The van der Waals surface area contributed by atoms with E-state index in [4.69, 9.17) is 15.2 Å². The molecule has 3 rings (SSSR count). The van der Waals surface area contributed by atoms with Crippen molar-refractivity contribution in [1.29, 1.82) is 0 Å². The number of nitrogens with two attached hydrogens (primary N) is 1. The Kier molecular flexibility index (Phi) is 5.55. The molecule has 0 aliphatic carbocycles. The standard InChI is InChI=1S/C19H15F2N3O3/c20-13-3-1-12(2-4-13)15-10-16(19(22)25)24-11-17(15)27-8-7-26-14-5-6-23-18(21)9-14/h1-6,9-11H,7-8H2,(H2,22,25). The van der Waals surface area contributed by atoms with Gasteiger partial charge in [0.1, 0.15) is 36.2 Å². The summed E-state index contributed by atoms with van der Waals surface area (Å²) in [5.41, 5.74) is 6.50. The summed E-state index contributed by atoms with van der Waals surface area (Å²) in [5, 5.41) is 0. The first kappa shape index (κ1) is 18.2. The quantitative estimate of drug-likeness (QED) is 0.510. The highest BCUT2D eigenvalue weighted by Crippen LogP contribution is 2.30. The van der Waals surface area contributed by atoms with E-state index in [1.165, 1.54) is 36.7 Å². The molecule has 2 N–H and O–H groups in total. The lowest BCUT2D eigenvalue weighted by molar-refractivity contribution is 0.0995. The van der Waals surface area contributed by atoms with Crippen LogP contribution < -0.4 is 15.2 Å². The number of benzene rings is 1. The van der Waals surface area contributed by atoms with Crippen molar-refractivity contribution in [2.45, 2.75) is 0 Å². The van der Waals surface area contributed by atoms with Crippen molar-refractivity contribution in [3.63, 3.8) is 0 Å². The van der Waals surface area contributed by atoms with E-state index in [-0.39, 0.29) is 24.7 Å². The maximum atomic E-state index is 13.2. The molecule has 2 aromatic heterocycles. The molecular weight excluding hydrogens is 356 g/mol. The fourth-order valence-corrected chi connectivity index (χ4v) is 2.33. The van der Waals surface area contributed by atoms with Crippen molar-refractivity contribution < 1.29 is 23.0 Å². The summed E-state index contributed by atoms with van der Waals surface area (Å²) in [7, 11) is 0. The number of carbonyl (C=O) groups excluding carboxylic acids is 1. The zero-order valence-electron chi connectivity index (χ0n) is 14.1. The summed E-state index contributed by atoms with van der Waals surface area (Å²) >= 11 is 0. The fourth-order valence-electron chi connectivity index (χ4n) is 2.33. The molecule has 0 atom stereocenters. The van der Waals surface area contributed by atoms with Crippen LogP contribution >= 0.6 is 0 Å². The molecule has 0 saturated heterocycles. The van der Waals surface area contributed by atoms with Crippen LogP contribution in [0.4, 0.5) is 8.78 Å². The number of hydrogen-bond donors (Lipinski definition) is 1. The van der Waals surface area contributed by atoms with Gasteiger partial charge < -0.3 is 15.2 Å². The number of rotatable bonds is 7. The molecule has 3 aromatic rings. The van der Waals surface area contributed by atoms with E-state index in [1.54, 1.807) is 12.1 Å². The third kappa shape index (κ3) is 4.75. The van der Waals surface area contributed by atoms with Crippen LogP contribution in [0.1, 0.15) is 10.5 Å². The number of primary amides is 1. The summed E-state index contributed by atoms with van der Waals surface area (Å²) in [6.07, 6.45) is 2.66. The Labute approximate surface area is 153 Å². The number of hydrogen-bond acceptors (Lipinski definition) is 5. The predicted octanol–water partition coefficient (Wildman–Crippen LogP) is 2.98. The summed E-state index contributed by atoms with van der Waals surface area (Å²) < 4.78 is 37.2. The van der Waals surface area contributed by atoms with E-state index in [0.717, 1.165) is 6.07 Å². The van der Waals surface area contributed by atoms with Crippen molar-refractivity contribution in [3.05, 3.63) is 72.3 Å². The van der Waals surface area contributed by atoms with Gasteiger partial charge in [0, 0.05) is 17.8 Å². The van der Waals surface area contributed by atoms with E-state index >= 15 is 0 Å². The first-order valence-electron chi connectivity index (χ1n) is 7.96. The molecule has 1 amide bonds. The lowest BCUT2D eigenvalue weighted by Crippen LogP contribution is -2.14. The molecule has 0 bridgehead atoms. The van der Waals surface area contributed by atoms with Crippen LogP contribution in [0.15, 0.2) is 54.9 Å². The number of carbonyl (C=O) groups is 1. The normalized spacial score (nSPS) is 10.4. The van der Waals surface area contributed by atoms with Gasteiger partial charge in [-0.2, -0.15) is 4.39 Å². The van der Waals surface area contributed by atoms with Crippen LogP contribution in [0.3, 0.4) is 0 Å². The second kappa shape index (κ2) is 8.22. The average Bonchev–Trinajstić information content (AvgIpc) is 2.66. The van der Waals surface area contributed by atoms with Crippen molar-refractivity contribution in [2.75, 3.05) is 13.2 Å². The van der Waals surface area contributed by atoms with Crippen molar-refractivity contribution in [1.82, 2.24) is 9.97 Å². The zero-order chi connectivity index (χ0) is 19.2. The van der Waals surface area contributed by atoms with Crippen LogP contribution in [-0.2, 0) is 0 Å². The second-order valence-electron chi connectivity index (χ2n) is 5.45. The molecule has 0 aliphatic rings. The fraction of sp³-hybridized carbons (Fsp3) is 0.105. The molecule has 1 aromatic carbocycles. The van der Waals surface area contributed by atoms with Crippen LogP contribution in [0.5, 0.6) is 11.5 Å². The van der Waals surface area contributed by atoms with Gasteiger partial charge >= 0.3 is 0 Å². The Hall–Kier alpha value is -3.55. The molecule has 6 nitrogen and oxygen atoms in total. The van der Waals surface area contributed by atoms with Crippen molar-refractivity contribution in [2.24, 2.45) is 5.73 Å². The molecule has 8 heteroatoms. The number of nitrogens with zero attached hydrogens (tertiary/aromatic N) is 2. The summed E-state index contributed by atoms with van der Waals surface area (Å²) in [6.45, 7) is 0.277. The maximum Gasteiger partial charge on any atom is 0.267 e. The largest absolute Gasteiger partial charge is 0.490 e. The Bertz CT molecular complexity index is 949. The number of ether oxygens (including phenoxy) is 2. The third-order valence-electron chi connectivity index (χ3n) is 3.58. The molecule has 0 unspecified atom stereocenters. The summed E-state index contributed by atoms with van der Waals surface area (Å²) in [4.78, 5) is 18.8. The molecule has 27 heavy (non-hydrogen) atoms. The monoisotopic (exact) mass is 371 g/mol. The minimum Gasteiger partial charge on any atom is -0.490 e. The highest BCUT2D eigenvalue weighted by molar-refractivity contribution is 5.92. The second-order valence-corrected chi connectivity index (χ2v) is 5.45. The first-order valence-corrected chi connectivity index (χ1v) is 7.96. The minimum absolute atomic E-state index is 0.0604. The van der Waals surface area contributed by atoms with Gasteiger partial charge in [0.25, 0.3) is 5.91 Å². The van der Waals surface area contributed by atoms with Crippen LogP contribution in [0.2, 0.25) is 0 Å². The Morgan fingerprint density at radius 1 is 1.00 bits per heavy atom. The number of aromatic nitrogens is 2.